The number of benzene rings is 1. The van der Waals surface area contributed by atoms with Crippen LogP contribution in [0.25, 0.3) is 16.7 Å². The van der Waals surface area contributed by atoms with E-state index in [1.807, 2.05) is 4.90 Å². The topological polar surface area (TPSA) is 101 Å². The first-order chi connectivity index (χ1) is 17.3. The van der Waals surface area contributed by atoms with Crippen molar-refractivity contribution >= 4 is 38.2 Å². The smallest absolute Gasteiger partial charge is 0.272 e. The molecule has 0 unspecified atom stereocenters. The predicted octanol–water partition coefficient (Wildman–Crippen LogP) is 2.77. The second-order valence-electron chi connectivity index (χ2n) is 9.08. The highest BCUT2D eigenvalue weighted by Gasteiger charge is 2.30. The molecular formula is C24H22F2N6O3S. The number of anilines is 1. The van der Waals surface area contributed by atoms with E-state index in [1.54, 1.807) is 28.9 Å². The van der Waals surface area contributed by atoms with Gasteiger partial charge in [0.2, 0.25) is 0 Å². The van der Waals surface area contributed by atoms with Gasteiger partial charge < -0.3 is 9.80 Å². The molecule has 0 spiro atoms. The first-order valence-electron chi connectivity index (χ1n) is 11.7. The lowest BCUT2D eigenvalue weighted by Crippen LogP contribution is -2.44. The Hall–Kier alpha value is -3.67. The summed E-state index contributed by atoms with van der Waals surface area (Å²) in [5.74, 6) is -0.841. The zero-order valence-corrected chi connectivity index (χ0v) is 20.0. The molecule has 0 bridgehead atoms. The van der Waals surface area contributed by atoms with Crippen molar-refractivity contribution in [1.29, 1.82) is 0 Å². The van der Waals surface area contributed by atoms with Crippen molar-refractivity contribution in [1.82, 2.24) is 24.5 Å². The molecule has 1 aromatic carbocycles. The van der Waals surface area contributed by atoms with E-state index in [1.165, 1.54) is 11.0 Å². The van der Waals surface area contributed by atoms with Crippen molar-refractivity contribution in [3.05, 3.63) is 65.5 Å². The van der Waals surface area contributed by atoms with E-state index < -0.39 is 21.5 Å². The van der Waals surface area contributed by atoms with E-state index in [0.29, 0.717) is 41.0 Å². The molecule has 12 heteroatoms. The number of hydrogen-bond acceptors (Lipinski definition) is 7. The molecule has 0 aliphatic carbocycles. The summed E-state index contributed by atoms with van der Waals surface area (Å²) < 4.78 is 53.4. The molecule has 2 aliphatic heterocycles. The largest absolute Gasteiger partial charge is 0.349 e. The lowest BCUT2D eigenvalue weighted by atomic mass is 10.0. The van der Waals surface area contributed by atoms with Crippen LogP contribution in [-0.4, -0.2) is 69.9 Å². The molecule has 0 saturated carbocycles. The van der Waals surface area contributed by atoms with Crippen LogP contribution in [0.3, 0.4) is 0 Å². The number of rotatable bonds is 3. The third-order valence-electron chi connectivity index (χ3n) is 6.82. The van der Waals surface area contributed by atoms with E-state index in [-0.39, 0.29) is 42.2 Å². The number of pyridine rings is 1. The summed E-state index contributed by atoms with van der Waals surface area (Å²) in [6, 6.07) is 8.16. The maximum Gasteiger partial charge on any atom is 0.272 e. The second-order valence-corrected chi connectivity index (χ2v) is 11.4. The normalized spacial score (nSPS) is 19.9. The van der Waals surface area contributed by atoms with Crippen molar-refractivity contribution in [3.63, 3.8) is 0 Å². The number of carbonyl (C=O) groups is 1. The van der Waals surface area contributed by atoms with Crippen molar-refractivity contribution in [2.75, 3.05) is 36.0 Å². The predicted molar refractivity (Wildman–Crippen MR) is 129 cm³/mol. The van der Waals surface area contributed by atoms with E-state index in [9.17, 15) is 22.0 Å². The summed E-state index contributed by atoms with van der Waals surface area (Å²) in [7, 11) is -3.12. The number of amides is 1. The number of fused-ring (bicyclic) bond motifs is 3. The van der Waals surface area contributed by atoms with Crippen LogP contribution in [0.1, 0.15) is 34.9 Å². The number of aromatic nitrogens is 4. The standard InChI is InChI=1S/C24H22F2N6O3S/c25-15-3-4-17(26)16(14-15)20-2-1-8-31(20)21-7-9-32-23(28-21)22-18(29-32)5-6-19(27-22)24(33)30-10-12-36(34,35)13-11-30/h3-7,9,14,20H,1-2,8,10-13H2/t20-/m1/s1. The molecule has 0 N–H and O–H groups in total. The zero-order valence-electron chi connectivity index (χ0n) is 19.1. The summed E-state index contributed by atoms with van der Waals surface area (Å²) in [4.78, 5) is 25.7. The lowest BCUT2D eigenvalue weighted by Gasteiger charge is -2.26. The van der Waals surface area contributed by atoms with Gasteiger partial charge in [-0.2, -0.15) is 5.10 Å². The average molecular weight is 513 g/mol. The fraction of sp³-hybridized carbons (Fsp3) is 0.333. The molecule has 2 saturated heterocycles. The number of nitrogens with zero attached hydrogens (tertiary/aromatic N) is 6. The maximum atomic E-state index is 14.5. The highest BCUT2D eigenvalue weighted by atomic mass is 32.2. The SMILES string of the molecule is O=C(c1ccc2nn3ccc(N4CCC[C@@H]4c4cc(F)ccc4F)nc3c2n1)N1CCS(=O)(=O)CC1. The van der Waals surface area contributed by atoms with Gasteiger partial charge in [-0.05, 0) is 49.2 Å². The Morgan fingerprint density at radius 3 is 2.61 bits per heavy atom. The number of halogens is 2. The summed E-state index contributed by atoms with van der Waals surface area (Å²) in [6.07, 6.45) is 3.19. The Bertz CT molecular complexity index is 1610. The minimum absolute atomic E-state index is 0.0640. The van der Waals surface area contributed by atoms with Gasteiger partial charge in [0.15, 0.2) is 15.5 Å². The Morgan fingerprint density at radius 1 is 1.00 bits per heavy atom. The van der Waals surface area contributed by atoms with E-state index >= 15 is 0 Å². The molecule has 2 fully saturated rings. The van der Waals surface area contributed by atoms with E-state index in [2.05, 4.69) is 10.1 Å². The Labute approximate surface area is 205 Å². The van der Waals surface area contributed by atoms with Gasteiger partial charge in [-0.15, -0.1) is 0 Å². The molecule has 9 nitrogen and oxygen atoms in total. The van der Waals surface area contributed by atoms with Crippen LogP contribution in [0.15, 0.2) is 42.6 Å². The fourth-order valence-corrected chi connectivity index (χ4v) is 6.15. The molecule has 36 heavy (non-hydrogen) atoms. The van der Waals surface area contributed by atoms with E-state index in [4.69, 9.17) is 4.98 Å². The molecule has 1 atom stereocenters. The minimum Gasteiger partial charge on any atom is -0.349 e. The first kappa shape index (κ1) is 22.8. The quantitative estimate of drug-likeness (QED) is 0.416. The molecule has 2 aliphatic rings. The fourth-order valence-electron chi connectivity index (χ4n) is 4.95. The molecule has 6 rings (SSSR count). The summed E-state index contributed by atoms with van der Waals surface area (Å²) in [6.45, 7) is 0.890. The van der Waals surface area contributed by atoms with Crippen LogP contribution in [0.2, 0.25) is 0 Å². The van der Waals surface area contributed by atoms with E-state index in [0.717, 1.165) is 18.6 Å². The van der Waals surface area contributed by atoms with Crippen LogP contribution in [0.5, 0.6) is 0 Å². The van der Waals surface area contributed by atoms with Crippen LogP contribution in [0, 0.1) is 11.6 Å². The maximum absolute atomic E-state index is 14.5. The first-order valence-corrected chi connectivity index (χ1v) is 13.5. The molecule has 4 aromatic rings. The van der Waals surface area contributed by atoms with Gasteiger partial charge in [0, 0.05) is 31.4 Å². The van der Waals surface area contributed by atoms with Crippen LogP contribution in [-0.2, 0) is 9.84 Å². The number of hydrogen-bond donors (Lipinski definition) is 0. The summed E-state index contributed by atoms with van der Waals surface area (Å²) in [5, 5.41) is 4.48. The average Bonchev–Trinajstić information content (AvgIpc) is 3.49. The van der Waals surface area contributed by atoms with Crippen molar-refractivity contribution in [2.24, 2.45) is 0 Å². The van der Waals surface area contributed by atoms with Gasteiger partial charge in [0.05, 0.1) is 17.5 Å². The Kier molecular flexibility index (Phi) is 5.36. The number of carbonyl (C=O) groups excluding carboxylic acids is 1. The highest BCUT2D eigenvalue weighted by molar-refractivity contribution is 7.91. The molecule has 186 valence electrons. The van der Waals surface area contributed by atoms with Crippen LogP contribution >= 0.6 is 0 Å². The van der Waals surface area contributed by atoms with Crippen LogP contribution < -0.4 is 4.90 Å². The van der Waals surface area contributed by atoms with Crippen molar-refractivity contribution < 1.29 is 22.0 Å². The van der Waals surface area contributed by atoms with Gasteiger partial charge in [-0.1, -0.05) is 0 Å². The Balaban J connectivity index is 1.36. The molecule has 5 heterocycles. The third-order valence-corrected chi connectivity index (χ3v) is 8.43. The molecule has 0 radical (unpaired) electrons. The van der Waals surface area contributed by atoms with Gasteiger partial charge in [-0.25, -0.2) is 31.7 Å². The minimum atomic E-state index is -3.12. The molecular weight excluding hydrogens is 490 g/mol. The van der Waals surface area contributed by atoms with Gasteiger partial charge >= 0.3 is 0 Å². The second kappa shape index (κ2) is 8.47. The van der Waals surface area contributed by atoms with Crippen LogP contribution in [0.4, 0.5) is 14.6 Å². The Morgan fingerprint density at radius 2 is 1.81 bits per heavy atom. The summed E-state index contributed by atoms with van der Waals surface area (Å²) >= 11 is 0. The summed E-state index contributed by atoms with van der Waals surface area (Å²) in [5.41, 5.74) is 1.89. The van der Waals surface area contributed by atoms with Gasteiger partial charge in [0.25, 0.3) is 5.91 Å². The zero-order chi connectivity index (χ0) is 25.0. The molecule has 1 amide bonds. The highest BCUT2D eigenvalue weighted by Crippen LogP contribution is 2.37. The lowest BCUT2D eigenvalue weighted by molar-refractivity contribution is 0.0765. The third kappa shape index (κ3) is 3.94. The van der Waals surface area contributed by atoms with Gasteiger partial charge in [-0.3, -0.25) is 4.79 Å². The van der Waals surface area contributed by atoms with Crippen molar-refractivity contribution in [3.8, 4) is 0 Å². The number of sulfone groups is 1. The monoisotopic (exact) mass is 512 g/mol. The van der Waals surface area contributed by atoms with Gasteiger partial charge in [0.1, 0.15) is 34.2 Å². The van der Waals surface area contributed by atoms with Crippen molar-refractivity contribution in [2.45, 2.75) is 18.9 Å². The molecule has 3 aromatic heterocycles.